The predicted molar refractivity (Wildman–Crippen MR) is 76.7 cm³/mol. The Morgan fingerprint density at radius 1 is 1.24 bits per heavy atom. The first-order chi connectivity index (χ1) is 10.0. The van der Waals surface area contributed by atoms with E-state index in [0.717, 1.165) is 11.6 Å². The lowest BCUT2D eigenvalue weighted by atomic mass is 10.1. The molecule has 0 aromatic heterocycles. The Morgan fingerprint density at radius 3 is 2.48 bits per heavy atom. The molecule has 0 bridgehead atoms. The third-order valence-corrected chi connectivity index (χ3v) is 3.07. The number of hydrogen-bond donors (Lipinski definition) is 0. The number of nitriles is 1. The van der Waals surface area contributed by atoms with E-state index < -0.39 is 11.9 Å². The molecule has 1 unspecified atom stereocenters. The summed E-state index contributed by atoms with van der Waals surface area (Å²) in [5.74, 6) is -0.918. The molecule has 1 atom stereocenters. The summed E-state index contributed by atoms with van der Waals surface area (Å²) in [5, 5.41) is 8.68. The van der Waals surface area contributed by atoms with Gasteiger partial charge in [0.15, 0.2) is 17.7 Å². The maximum absolute atomic E-state index is 13.7. The Labute approximate surface area is 122 Å². The standard InChI is InChI=1S/C17H14FNO2/c1-11-3-6-14(7-4-11)17(20)12(2)21-16-8-5-13(10-19)9-15(16)18/h3-9,12H,1-2H3. The molecule has 0 amide bonds. The first kappa shape index (κ1) is 14.7. The molecule has 0 saturated heterocycles. The summed E-state index contributed by atoms with van der Waals surface area (Å²) in [5.41, 5.74) is 1.78. The minimum absolute atomic E-state index is 0.0399. The number of ether oxygens (including phenoxy) is 1. The van der Waals surface area contributed by atoms with Crippen LogP contribution in [0.1, 0.15) is 28.4 Å². The van der Waals surface area contributed by atoms with E-state index in [1.807, 2.05) is 25.1 Å². The molecule has 2 rings (SSSR count). The van der Waals surface area contributed by atoms with Crippen LogP contribution in [0.25, 0.3) is 0 Å². The van der Waals surface area contributed by atoms with E-state index in [2.05, 4.69) is 0 Å². The molecule has 4 heteroatoms. The number of hydrogen-bond acceptors (Lipinski definition) is 3. The van der Waals surface area contributed by atoms with E-state index in [1.54, 1.807) is 19.1 Å². The van der Waals surface area contributed by atoms with Crippen LogP contribution in [-0.2, 0) is 0 Å². The highest BCUT2D eigenvalue weighted by Crippen LogP contribution is 2.20. The maximum atomic E-state index is 13.7. The highest BCUT2D eigenvalue weighted by Gasteiger charge is 2.18. The van der Waals surface area contributed by atoms with Gasteiger partial charge in [-0.05, 0) is 32.0 Å². The second-order valence-electron chi connectivity index (χ2n) is 4.75. The Bertz CT molecular complexity index is 702. The van der Waals surface area contributed by atoms with E-state index in [4.69, 9.17) is 10.00 Å². The summed E-state index contributed by atoms with van der Waals surface area (Å²) in [6.07, 6.45) is -0.810. The number of aryl methyl sites for hydroxylation is 1. The zero-order valence-electron chi connectivity index (χ0n) is 11.8. The molecule has 0 radical (unpaired) electrons. The zero-order valence-corrected chi connectivity index (χ0v) is 11.8. The predicted octanol–water partition coefficient (Wildman–Crippen LogP) is 3.66. The second-order valence-corrected chi connectivity index (χ2v) is 4.75. The van der Waals surface area contributed by atoms with Gasteiger partial charge in [0.25, 0.3) is 0 Å². The van der Waals surface area contributed by atoms with E-state index in [-0.39, 0.29) is 17.1 Å². The topological polar surface area (TPSA) is 50.1 Å². The smallest absolute Gasteiger partial charge is 0.202 e. The van der Waals surface area contributed by atoms with E-state index in [9.17, 15) is 9.18 Å². The zero-order chi connectivity index (χ0) is 15.4. The molecule has 0 saturated carbocycles. The highest BCUT2D eigenvalue weighted by atomic mass is 19.1. The van der Waals surface area contributed by atoms with Crippen molar-refractivity contribution in [2.75, 3.05) is 0 Å². The van der Waals surface area contributed by atoms with Crippen molar-refractivity contribution < 1.29 is 13.9 Å². The third kappa shape index (κ3) is 3.46. The third-order valence-electron chi connectivity index (χ3n) is 3.07. The van der Waals surface area contributed by atoms with Gasteiger partial charge in [-0.15, -0.1) is 0 Å². The summed E-state index contributed by atoms with van der Waals surface area (Å²) < 4.78 is 19.1. The van der Waals surface area contributed by atoms with Gasteiger partial charge in [-0.3, -0.25) is 4.79 Å². The van der Waals surface area contributed by atoms with Crippen molar-refractivity contribution in [3.05, 3.63) is 65.0 Å². The molecular weight excluding hydrogens is 269 g/mol. The molecule has 3 nitrogen and oxygen atoms in total. The van der Waals surface area contributed by atoms with Crippen molar-refractivity contribution in [3.8, 4) is 11.8 Å². The fourth-order valence-electron chi connectivity index (χ4n) is 1.86. The van der Waals surface area contributed by atoms with Crippen LogP contribution in [0.15, 0.2) is 42.5 Å². The van der Waals surface area contributed by atoms with Gasteiger partial charge in [-0.2, -0.15) is 5.26 Å². The quantitative estimate of drug-likeness (QED) is 0.805. The fourth-order valence-corrected chi connectivity index (χ4v) is 1.86. The van der Waals surface area contributed by atoms with Crippen molar-refractivity contribution in [2.45, 2.75) is 20.0 Å². The summed E-state index contributed by atoms with van der Waals surface area (Å²) in [6, 6.07) is 12.8. The summed E-state index contributed by atoms with van der Waals surface area (Å²) >= 11 is 0. The van der Waals surface area contributed by atoms with Crippen LogP contribution in [0.2, 0.25) is 0 Å². The first-order valence-corrected chi connectivity index (χ1v) is 6.48. The number of Topliss-reactive ketones (excluding diaryl/α,β-unsaturated/α-hetero) is 1. The van der Waals surface area contributed by atoms with E-state index >= 15 is 0 Å². The van der Waals surface area contributed by atoms with Crippen molar-refractivity contribution in [1.82, 2.24) is 0 Å². The van der Waals surface area contributed by atoms with Crippen LogP contribution < -0.4 is 4.74 Å². The number of rotatable bonds is 4. The van der Waals surface area contributed by atoms with Crippen LogP contribution in [-0.4, -0.2) is 11.9 Å². The van der Waals surface area contributed by atoms with Gasteiger partial charge < -0.3 is 4.74 Å². The van der Waals surface area contributed by atoms with Gasteiger partial charge in [-0.25, -0.2) is 4.39 Å². The number of halogens is 1. The van der Waals surface area contributed by atoms with Gasteiger partial charge in [0.1, 0.15) is 0 Å². The molecule has 0 N–H and O–H groups in total. The largest absolute Gasteiger partial charge is 0.479 e. The monoisotopic (exact) mass is 283 g/mol. The van der Waals surface area contributed by atoms with E-state index in [1.165, 1.54) is 12.1 Å². The van der Waals surface area contributed by atoms with Crippen LogP contribution in [0, 0.1) is 24.1 Å². The lowest BCUT2D eigenvalue weighted by Crippen LogP contribution is -2.24. The van der Waals surface area contributed by atoms with Crippen molar-refractivity contribution in [3.63, 3.8) is 0 Å². The minimum Gasteiger partial charge on any atom is -0.479 e. The SMILES string of the molecule is Cc1ccc(C(=O)C(C)Oc2ccc(C#N)cc2F)cc1. The molecule has 0 aliphatic rings. The lowest BCUT2D eigenvalue weighted by Gasteiger charge is -2.14. The summed E-state index contributed by atoms with van der Waals surface area (Å²) in [6.45, 7) is 3.50. The lowest BCUT2D eigenvalue weighted by molar-refractivity contribution is 0.0812. The molecular formula is C17H14FNO2. The Kier molecular flexibility index (Phi) is 4.34. The van der Waals surface area contributed by atoms with Crippen molar-refractivity contribution >= 4 is 5.78 Å². The average Bonchev–Trinajstić information content (AvgIpc) is 2.49. The molecule has 21 heavy (non-hydrogen) atoms. The van der Waals surface area contributed by atoms with Crippen molar-refractivity contribution in [1.29, 1.82) is 5.26 Å². The molecule has 0 heterocycles. The van der Waals surface area contributed by atoms with Gasteiger partial charge in [-0.1, -0.05) is 29.8 Å². The molecule has 2 aromatic rings. The Morgan fingerprint density at radius 2 is 1.90 bits per heavy atom. The van der Waals surface area contributed by atoms with Gasteiger partial charge in [0.2, 0.25) is 5.78 Å². The van der Waals surface area contributed by atoms with Gasteiger partial charge in [0, 0.05) is 5.56 Å². The summed E-state index contributed by atoms with van der Waals surface area (Å²) in [4.78, 5) is 12.2. The number of benzene rings is 2. The minimum atomic E-state index is -0.810. The normalized spacial score (nSPS) is 11.5. The van der Waals surface area contributed by atoms with E-state index in [0.29, 0.717) is 5.56 Å². The molecule has 0 aliphatic heterocycles. The average molecular weight is 283 g/mol. The van der Waals surface area contributed by atoms with Crippen LogP contribution in [0.3, 0.4) is 0 Å². The highest BCUT2D eigenvalue weighted by molar-refractivity contribution is 5.99. The van der Waals surface area contributed by atoms with Gasteiger partial charge >= 0.3 is 0 Å². The first-order valence-electron chi connectivity index (χ1n) is 6.48. The van der Waals surface area contributed by atoms with Crippen LogP contribution in [0.4, 0.5) is 4.39 Å². The number of nitrogens with zero attached hydrogens (tertiary/aromatic N) is 1. The fraction of sp³-hybridized carbons (Fsp3) is 0.176. The molecule has 0 aliphatic carbocycles. The number of ketones is 1. The Hall–Kier alpha value is -2.67. The maximum Gasteiger partial charge on any atom is 0.202 e. The molecule has 0 fully saturated rings. The number of carbonyl (C=O) groups is 1. The van der Waals surface area contributed by atoms with Crippen LogP contribution >= 0.6 is 0 Å². The van der Waals surface area contributed by atoms with Crippen molar-refractivity contribution in [2.24, 2.45) is 0 Å². The Balaban J connectivity index is 2.14. The molecule has 0 spiro atoms. The molecule has 106 valence electrons. The summed E-state index contributed by atoms with van der Waals surface area (Å²) in [7, 11) is 0. The van der Waals surface area contributed by atoms with Crippen LogP contribution in [0.5, 0.6) is 5.75 Å². The second kappa shape index (κ2) is 6.19. The number of carbonyl (C=O) groups excluding carboxylic acids is 1. The molecule has 2 aromatic carbocycles. The van der Waals surface area contributed by atoms with Gasteiger partial charge in [0.05, 0.1) is 11.6 Å².